The highest BCUT2D eigenvalue weighted by molar-refractivity contribution is 6.30. The first kappa shape index (κ1) is 8.20. The van der Waals surface area contributed by atoms with Gasteiger partial charge in [0.1, 0.15) is 17.3 Å². The van der Waals surface area contributed by atoms with Gasteiger partial charge in [-0.25, -0.2) is 0 Å². The van der Waals surface area contributed by atoms with Crippen LogP contribution in [0.4, 0.5) is 0 Å². The maximum Gasteiger partial charge on any atom is 0.138 e. The van der Waals surface area contributed by atoms with Gasteiger partial charge in [0.25, 0.3) is 0 Å². The lowest BCUT2D eigenvalue weighted by molar-refractivity contribution is 0.420. The summed E-state index contributed by atoms with van der Waals surface area (Å²) in [5.41, 5.74) is 0.597. The molecular formula is C10H7ClO2. The summed E-state index contributed by atoms with van der Waals surface area (Å²) in [4.78, 5) is 0. The summed E-state index contributed by atoms with van der Waals surface area (Å²) < 4.78 is 5.27. The number of fused-ring (bicyclic) bond motifs is 1. The van der Waals surface area contributed by atoms with Gasteiger partial charge in [-0.1, -0.05) is 18.2 Å². The Morgan fingerprint density at radius 2 is 2.15 bits per heavy atom. The first-order valence-corrected chi connectivity index (χ1v) is 4.12. The Kier molecular flexibility index (Phi) is 1.78. The average Bonchev–Trinajstić information content (AvgIpc) is 2.06. The van der Waals surface area contributed by atoms with Gasteiger partial charge >= 0.3 is 0 Å². The quantitative estimate of drug-likeness (QED) is 0.688. The zero-order valence-electron chi connectivity index (χ0n) is 6.75. The third-order valence-electron chi connectivity index (χ3n) is 1.76. The molecule has 0 bridgehead atoms. The Morgan fingerprint density at radius 1 is 1.38 bits per heavy atom. The van der Waals surface area contributed by atoms with E-state index in [-0.39, 0.29) is 5.76 Å². The lowest BCUT2D eigenvalue weighted by Gasteiger charge is -2.15. The summed E-state index contributed by atoms with van der Waals surface area (Å²) >= 11 is 5.76. The monoisotopic (exact) mass is 194 g/mol. The lowest BCUT2D eigenvalue weighted by atomic mass is 10.1. The summed E-state index contributed by atoms with van der Waals surface area (Å²) in [6.45, 7) is 3.59. The summed E-state index contributed by atoms with van der Waals surface area (Å²) in [6.07, 6.45) is 1.46. The third-order valence-corrected chi connectivity index (χ3v) is 1.99. The van der Waals surface area contributed by atoms with Gasteiger partial charge in [-0.15, -0.1) is 0 Å². The van der Waals surface area contributed by atoms with Gasteiger partial charge in [0, 0.05) is 11.1 Å². The second-order valence-electron chi connectivity index (χ2n) is 2.74. The van der Waals surface area contributed by atoms with Gasteiger partial charge < -0.3 is 9.84 Å². The van der Waals surface area contributed by atoms with Crippen LogP contribution >= 0.6 is 11.6 Å². The zero-order chi connectivity index (χ0) is 9.42. The first-order chi connectivity index (χ1) is 6.16. The Hall–Kier alpha value is -1.41. The number of rotatable bonds is 0. The average molecular weight is 195 g/mol. The van der Waals surface area contributed by atoms with Gasteiger partial charge in [0.15, 0.2) is 0 Å². The van der Waals surface area contributed by atoms with E-state index >= 15 is 0 Å². The molecule has 0 amide bonds. The molecule has 0 unspecified atom stereocenters. The number of ether oxygens (including phenoxy) is 1. The van der Waals surface area contributed by atoms with Crippen molar-refractivity contribution in [2.75, 3.05) is 0 Å². The lowest BCUT2D eigenvalue weighted by Crippen LogP contribution is -2.01. The number of halogens is 1. The highest BCUT2D eigenvalue weighted by Crippen LogP contribution is 2.33. The molecule has 1 aromatic carbocycles. The fraction of sp³-hybridized carbons (Fsp3) is 0. The van der Waals surface area contributed by atoms with Gasteiger partial charge in [0.2, 0.25) is 0 Å². The molecule has 0 fully saturated rings. The summed E-state index contributed by atoms with van der Waals surface area (Å²) in [7, 11) is 0. The minimum atomic E-state index is 0.133. The van der Waals surface area contributed by atoms with E-state index in [1.165, 1.54) is 6.08 Å². The molecule has 1 heterocycles. The maximum atomic E-state index is 9.52. The van der Waals surface area contributed by atoms with Crippen molar-refractivity contribution < 1.29 is 9.84 Å². The van der Waals surface area contributed by atoms with E-state index in [9.17, 15) is 5.11 Å². The second kappa shape index (κ2) is 2.82. The minimum Gasteiger partial charge on any atom is -0.507 e. The topological polar surface area (TPSA) is 29.5 Å². The number of aliphatic hydroxyl groups is 1. The molecule has 1 aliphatic heterocycles. The molecule has 0 radical (unpaired) electrons. The van der Waals surface area contributed by atoms with Crippen molar-refractivity contribution in [1.29, 1.82) is 0 Å². The van der Waals surface area contributed by atoms with Gasteiger partial charge in [0.05, 0.1) is 5.56 Å². The molecule has 0 saturated carbocycles. The minimum absolute atomic E-state index is 0.133. The SMILES string of the molecule is C=C1C=C(O)c2cc(Cl)ccc2O1. The molecule has 1 aromatic rings. The second-order valence-corrected chi connectivity index (χ2v) is 3.17. The van der Waals surface area contributed by atoms with Crippen LogP contribution in [0.5, 0.6) is 5.75 Å². The number of benzene rings is 1. The van der Waals surface area contributed by atoms with E-state index in [1.807, 2.05) is 0 Å². The van der Waals surface area contributed by atoms with Crippen LogP contribution in [0.15, 0.2) is 36.6 Å². The Balaban J connectivity index is 2.60. The standard InChI is InChI=1S/C10H7ClO2/c1-6-4-9(12)8-5-7(11)2-3-10(8)13-6/h2-5,12H,1H2. The number of allylic oxidation sites excluding steroid dienone is 1. The van der Waals surface area contributed by atoms with Crippen molar-refractivity contribution in [3.05, 3.63) is 47.2 Å². The van der Waals surface area contributed by atoms with Crippen LogP contribution in [0.25, 0.3) is 5.76 Å². The fourth-order valence-electron chi connectivity index (χ4n) is 1.19. The van der Waals surface area contributed by atoms with Crippen molar-refractivity contribution in [3.63, 3.8) is 0 Å². The predicted octanol–water partition coefficient (Wildman–Crippen LogP) is 3.15. The van der Waals surface area contributed by atoms with Crippen molar-refractivity contribution in [1.82, 2.24) is 0 Å². The predicted molar refractivity (Wildman–Crippen MR) is 51.8 cm³/mol. The fourth-order valence-corrected chi connectivity index (χ4v) is 1.36. The van der Waals surface area contributed by atoms with E-state index in [1.54, 1.807) is 18.2 Å². The van der Waals surface area contributed by atoms with Crippen LogP contribution in [0.1, 0.15) is 5.56 Å². The van der Waals surface area contributed by atoms with Crippen LogP contribution in [0, 0.1) is 0 Å². The van der Waals surface area contributed by atoms with Crippen LogP contribution in [0.2, 0.25) is 5.02 Å². The van der Waals surface area contributed by atoms with Crippen LogP contribution in [0.3, 0.4) is 0 Å². The van der Waals surface area contributed by atoms with Gasteiger partial charge in [-0.05, 0) is 18.2 Å². The zero-order valence-corrected chi connectivity index (χ0v) is 7.51. The van der Waals surface area contributed by atoms with Crippen molar-refractivity contribution in [2.24, 2.45) is 0 Å². The van der Waals surface area contributed by atoms with Crippen LogP contribution in [-0.4, -0.2) is 5.11 Å². The molecule has 0 aliphatic carbocycles. The molecule has 1 aliphatic rings. The van der Waals surface area contributed by atoms with E-state index < -0.39 is 0 Å². The molecule has 66 valence electrons. The summed E-state index contributed by atoms with van der Waals surface area (Å²) in [5.74, 6) is 1.13. The third kappa shape index (κ3) is 1.40. The number of hydrogen-bond acceptors (Lipinski definition) is 2. The first-order valence-electron chi connectivity index (χ1n) is 3.74. The van der Waals surface area contributed by atoms with Crippen molar-refractivity contribution in [2.45, 2.75) is 0 Å². The van der Waals surface area contributed by atoms with Gasteiger partial charge in [-0.3, -0.25) is 0 Å². The highest BCUT2D eigenvalue weighted by atomic mass is 35.5. The normalized spacial score (nSPS) is 14.5. The molecule has 0 saturated heterocycles. The molecule has 2 nitrogen and oxygen atoms in total. The summed E-state index contributed by atoms with van der Waals surface area (Å²) in [6, 6.07) is 5.05. The number of aliphatic hydroxyl groups excluding tert-OH is 1. The van der Waals surface area contributed by atoms with E-state index in [0.29, 0.717) is 22.1 Å². The molecule has 13 heavy (non-hydrogen) atoms. The van der Waals surface area contributed by atoms with E-state index in [4.69, 9.17) is 16.3 Å². The molecule has 0 aromatic heterocycles. The van der Waals surface area contributed by atoms with Gasteiger partial charge in [-0.2, -0.15) is 0 Å². The van der Waals surface area contributed by atoms with Crippen molar-refractivity contribution >= 4 is 17.4 Å². The van der Waals surface area contributed by atoms with Crippen LogP contribution in [-0.2, 0) is 0 Å². The van der Waals surface area contributed by atoms with E-state index in [0.717, 1.165) is 0 Å². The molecule has 0 atom stereocenters. The van der Waals surface area contributed by atoms with Crippen molar-refractivity contribution in [3.8, 4) is 5.75 Å². The Morgan fingerprint density at radius 3 is 2.92 bits per heavy atom. The summed E-state index contributed by atoms with van der Waals surface area (Å²) in [5, 5.41) is 10.1. The molecule has 2 rings (SSSR count). The van der Waals surface area contributed by atoms with Crippen LogP contribution < -0.4 is 4.74 Å². The largest absolute Gasteiger partial charge is 0.507 e. The Bertz CT molecular complexity index is 407. The molecule has 1 N–H and O–H groups in total. The van der Waals surface area contributed by atoms with E-state index in [2.05, 4.69) is 6.58 Å². The highest BCUT2D eigenvalue weighted by Gasteiger charge is 2.14. The molecular weight excluding hydrogens is 188 g/mol. The molecule has 0 spiro atoms. The molecule has 3 heteroatoms. The Labute approximate surface area is 80.7 Å². The smallest absolute Gasteiger partial charge is 0.138 e. The number of hydrogen-bond donors (Lipinski definition) is 1. The maximum absolute atomic E-state index is 9.52.